The van der Waals surface area contributed by atoms with Gasteiger partial charge in [-0.2, -0.15) is 0 Å². The van der Waals surface area contributed by atoms with E-state index in [-0.39, 0.29) is 5.82 Å². The summed E-state index contributed by atoms with van der Waals surface area (Å²) in [5.41, 5.74) is 3.21. The Labute approximate surface area is 108 Å². The minimum atomic E-state index is -0.198. The van der Waals surface area contributed by atoms with Gasteiger partial charge in [0.05, 0.1) is 4.60 Å². The molecule has 1 aromatic heterocycles. The van der Waals surface area contributed by atoms with Crippen LogP contribution in [0.25, 0.3) is 11.1 Å². The molecule has 2 nitrogen and oxygen atoms in total. The predicted octanol–water partition coefficient (Wildman–Crippen LogP) is 3.16. The maximum absolute atomic E-state index is 13.2. The first-order chi connectivity index (χ1) is 8.25. The van der Waals surface area contributed by atoms with E-state index in [1.807, 2.05) is 6.07 Å². The summed E-state index contributed by atoms with van der Waals surface area (Å²) in [4.78, 5) is 0. The molecule has 0 radical (unpaired) electrons. The molecule has 1 aliphatic heterocycles. The van der Waals surface area contributed by atoms with E-state index >= 15 is 0 Å². The maximum Gasteiger partial charge on any atom is 0.123 e. The van der Waals surface area contributed by atoms with Gasteiger partial charge in [-0.15, -0.1) is 0 Å². The normalized spacial score (nSPS) is 14.7. The average molecular weight is 295 g/mol. The van der Waals surface area contributed by atoms with Crippen molar-refractivity contribution in [2.45, 2.75) is 13.1 Å². The highest BCUT2D eigenvalue weighted by molar-refractivity contribution is 9.10. The van der Waals surface area contributed by atoms with Gasteiger partial charge in [0.25, 0.3) is 0 Å². The lowest BCUT2D eigenvalue weighted by atomic mass is 10.1. The topological polar surface area (TPSA) is 17.0 Å². The molecule has 0 atom stereocenters. The Bertz CT molecular complexity index is 563. The van der Waals surface area contributed by atoms with Crippen molar-refractivity contribution >= 4 is 15.9 Å². The van der Waals surface area contributed by atoms with E-state index in [1.54, 1.807) is 12.1 Å². The van der Waals surface area contributed by atoms with Crippen molar-refractivity contribution in [3.05, 3.63) is 46.4 Å². The fraction of sp³-hybridized carbons (Fsp3) is 0.231. The summed E-state index contributed by atoms with van der Waals surface area (Å²) in [5, 5.41) is 3.33. The van der Waals surface area contributed by atoms with Crippen molar-refractivity contribution < 1.29 is 4.39 Å². The van der Waals surface area contributed by atoms with E-state index in [4.69, 9.17) is 0 Å². The molecule has 0 aliphatic carbocycles. The summed E-state index contributed by atoms with van der Waals surface area (Å²) < 4.78 is 16.5. The Morgan fingerprint density at radius 1 is 1.29 bits per heavy atom. The smallest absolute Gasteiger partial charge is 0.123 e. The predicted molar refractivity (Wildman–Crippen MR) is 69.2 cm³/mol. The summed E-state index contributed by atoms with van der Waals surface area (Å²) in [6.45, 7) is 2.79. The molecule has 4 heteroatoms. The third kappa shape index (κ3) is 1.91. The Morgan fingerprint density at radius 3 is 2.94 bits per heavy atom. The second-order valence-electron chi connectivity index (χ2n) is 4.18. The van der Waals surface area contributed by atoms with Gasteiger partial charge in [0.1, 0.15) is 5.82 Å². The molecule has 0 bridgehead atoms. The number of nitrogens with one attached hydrogen (secondary N) is 1. The second-order valence-corrected chi connectivity index (χ2v) is 4.93. The standard InChI is InChI=1S/C13H12BrFN2/c14-13-12(9-2-1-3-10(15)6-9)7-11-8-16-4-5-17(11)13/h1-3,6-7,16H,4-5,8H2. The van der Waals surface area contributed by atoms with Crippen LogP contribution in [0.3, 0.4) is 0 Å². The van der Waals surface area contributed by atoms with Crippen LogP contribution in [0.15, 0.2) is 34.9 Å². The molecule has 0 fully saturated rings. The van der Waals surface area contributed by atoms with Crippen LogP contribution in [0.1, 0.15) is 5.69 Å². The molecule has 0 saturated carbocycles. The zero-order valence-corrected chi connectivity index (χ0v) is 10.8. The van der Waals surface area contributed by atoms with Gasteiger partial charge in [-0.05, 0) is 39.7 Å². The van der Waals surface area contributed by atoms with Gasteiger partial charge in [-0.1, -0.05) is 12.1 Å². The zero-order valence-electron chi connectivity index (χ0n) is 9.21. The first-order valence-corrected chi connectivity index (χ1v) is 6.39. The molecular formula is C13H12BrFN2. The molecule has 1 aromatic carbocycles. The highest BCUT2D eigenvalue weighted by Crippen LogP contribution is 2.32. The number of halogens is 2. The van der Waals surface area contributed by atoms with Crippen LogP contribution < -0.4 is 5.32 Å². The van der Waals surface area contributed by atoms with Gasteiger partial charge in [0.15, 0.2) is 0 Å². The number of aromatic nitrogens is 1. The minimum Gasteiger partial charge on any atom is -0.336 e. The lowest BCUT2D eigenvalue weighted by Gasteiger charge is -2.17. The quantitative estimate of drug-likeness (QED) is 0.855. The summed E-state index contributed by atoms with van der Waals surface area (Å²) in [7, 11) is 0. The molecule has 17 heavy (non-hydrogen) atoms. The molecule has 1 aliphatic rings. The summed E-state index contributed by atoms with van der Waals surface area (Å²) in [6, 6.07) is 8.83. The number of nitrogens with zero attached hydrogens (tertiary/aromatic N) is 1. The van der Waals surface area contributed by atoms with Gasteiger partial charge in [0.2, 0.25) is 0 Å². The van der Waals surface area contributed by atoms with E-state index in [0.29, 0.717) is 0 Å². The molecule has 0 unspecified atom stereocenters. The largest absolute Gasteiger partial charge is 0.336 e. The fourth-order valence-electron chi connectivity index (χ4n) is 2.23. The van der Waals surface area contributed by atoms with Gasteiger partial charge in [-0.25, -0.2) is 4.39 Å². The lowest BCUT2D eigenvalue weighted by Crippen LogP contribution is -2.27. The molecule has 0 saturated heterocycles. The number of hydrogen-bond acceptors (Lipinski definition) is 1. The number of hydrogen-bond donors (Lipinski definition) is 1. The molecule has 2 heterocycles. The third-order valence-electron chi connectivity index (χ3n) is 3.07. The van der Waals surface area contributed by atoms with Crippen molar-refractivity contribution in [1.29, 1.82) is 0 Å². The van der Waals surface area contributed by atoms with Gasteiger partial charge < -0.3 is 9.88 Å². The first-order valence-electron chi connectivity index (χ1n) is 5.60. The Balaban J connectivity index is 2.12. The van der Waals surface area contributed by atoms with Crippen LogP contribution in [0.2, 0.25) is 0 Å². The van der Waals surface area contributed by atoms with E-state index < -0.39 is 0 Å². The summed E-state index contributed by atoms with van der Waals surface area (Å²) in [6.07, 6.45) is 0. The van der Waals surface area contributed by atoms with E-state index in [9.17, 15) is 4.39 Å². The molecular weight excluding hydrogens is 283 g/mol. The van der Waals surface area contributed by atoms with Crippen molar-refractivity contribution in [2.75, 3.05) is 6.54 Å². The molecule has 1 N–H and O–H groups in total. The Morgan fingerprint density at radius 2 is 2.18 bits per heavy atom. The summed E-state index contributed by atoms with van der Waals surface area (Å²) >= 11 is 3.61. The Hall–Kier alpha value is -1.13. The van der Waals surface area contributed by atoms with Crippen LogP contribution >= 0.6 is 15.9 Å². The number of rotatable bonds is 1. The molecule has 2 aromatic rings. The maximum atomic E-state index is 13.2. The van der Waals surface area contributed by atoms with E-state index in [2.05, 4.69) is 31.9 Å². The minimum absolute atomic E-state index is 0.198. The SMILES string of the molecule is Fc1cccc(-c2cc3n(c2Br)CCNC3)c1. The van der Waals surface area contributed by atoms with Crippen LogP contribution in [0, 0.1) is 5.82 Å². The summed E-state index contributed by atoms with van der Waals surface area (Å²) in [5.74, 6) is -0.198. The van der Waals surface area contributed by atoms with Crippen molar-refractivity contribution in [2.24, 2.45) is 0 Å². The van der Waals surface area contributed by atoms with Crippen molar-refractivity contribution in [3.8, 4) is 11.1 Å². The van der Waals surface area contributed by atoms with Crippen molar-refractivity contribution in [1.82, 2.24) is 9.88 Å². The highest BCUT2D eigenvalue weighted by atomic mass is 79.9. The molecule has 88 valence electrons. The lowest BCUT2D eigenvalue weighted by molar-refractivity contribution is 0.511. The first kappa shape index (κ1) is 11.0. The number of fused-ring (bicyclic) bond motifs is 1. The number of benzene rings is 1. The van der Waals surface area contributed by atoms with E-state index in [0.717, 1.165) is 35.4 Å². The molecule has 0 spiro atoms. The second kappa shape index (κ2) is 4.27. The van der Waals surface area contributed by atoms with Gasteiger partial charge >= 0.3 is 0 Å². The van der Waals surface area contributed by atoms with Crippen LogP contribution in [-0.2, 0) is 13.1 Å². The Kier molecular flexibility index (Phi) is 2.76. The average Bonchev–Trinajstić information content (AvgIpc) is 2.68. The third-order valence-corrected chi connectivity index (χ3v) is 3.93. The monoisotopic (exact) mass is 294 g/mol. The van der Waals surface area contributed by atoms with Gasteiger partial charge in [0, 0.05) is 30.9 Å². The van der Waals surface area contributed by atoms with Crippen LogP contribution in [-0.4, -0.2) is 11.1 Å². The highest BCUT2D eigenvalue weighted by Gasteiger charge is 2.16. The molecule has 3 rings (SSSR count). The molecule has 0 amide bonds. The van der Waals surface area contributed by atoms with Crippen LogP contribution in [0.5, 0.6) is 0 Å². The fourth-order valence-corrected chi connectivity index (χ4v) is 2.98. The van der Waals surface area contributed by atoms with Crippen molar-refractivity contribution in [3.63, 3.8) is 0 Å². The van der Waals surface area contributed by atoms with Gasteiger partial charge in [-0.3, -0.25) is 0 Å². The van der Waals surface area contributed by atoms with Crippen LogP contribution in [0.4, 0.5) is 4.39 Å². The van der Waals surface area contributed by atoms with E-state index in [1.165, 1.54) is 11.8 Å². The zero-order chi connectivity index (χ0) is 11.8.